The van der Waals surface area contributed by atoms with Crippen LogP contribution in [0, 0.1) is 5.92 Å². The van der Waals surface area contributed by atoms with Gasteiger partial charge in [-0.2, -0.15) is 0 Å². The Bertz CT molecular complexity index is 381. The van der Waals surface area contributed by atoms with Crippen LogP contribution in [-0.2, 0) is 11.2 Å². The molecule has 0 spiro atoms. The molecule has 1 heterocycles. The molecule has 1 aromatic rings. The van der Waals surface area contributed by atoms with Crippen LogP contribution in [-0.4, -0.2) is 31.5 Å². The average Bonchev–Trinajstić information content (AvgIpc) is 2.32. The highest BCUT2D eigenvalue weighted by atomic mass is 79.9. The summed E-state index contributed by atoms with van der Waals surface area (Å²) in [4.78, 5) is 0. The Kier molecular flexibility index (Phi) is 4.42. The van der Waals surface area contributed by atoms with Crippen LogP contribution in [0.1, 0.15) is 12.0 Å². The second-order valence-corrected chi connectivity index (χ2v) is 5.22. The SMILES string of the molecule is COc1ccc(CC2COCCC2O)cc1Br. The standard InChI is InChI=1S/C13H17BrO3/c1-16-13-3-2-9(7-11(13)14)6-10-8-17-5-4-12(10)15/h2-3,7,10,12,15H,4-6,8H2,1H3. The van der Waals surface area contributed by atoms with E-state index in [2.05, 4.69) is 15.9 Å². The second-order valence-electron chi connectivity index (χ2n) is 4.36. The Balaban J connectivity index is 2.05. The number of rotatable bonds is 3. The lowest BCUT2D eigenvalue weighted by Gasteiger charge is -2.27. The fraction of sp³-hybridized carbons (Fsp3) is 0.538. The molecule has 1 aromatic carbocycles. The van der Waals surface area contributed by atoms with Gasteiger partial charge in [0.25, 0.3) is 0 Å². The highest BCUT2D eigenvalue weighted by Gasteiger charge is 2.23. The summed E-state index contributed by atoms with van der Waals surface area (Å²) >= 11 is 3.47. The monoisotopic (exact) mass is 300 g/mol. The van der Waals surface area contributed by atoms with E-state index in [4.69, 9.17) is 9.47 Å². The Labute approximate surface area is 110 Å². The summed E-state index contributed by atoms with van der Waals surface area (Å²) < 4.78 is 11.5. The molecule has 3 nitrogen and oxygen atoms in total. The van der Waals surface area contributed by atoms with E-state index < -0.39 is 0 Å². The zero-order valence-corrected chi connectivity index (χ0v) is 11.4. The van der Waals surface area contributed by atoms with E-state index in [1.54, 1.807) is 7.11 Å². The van der Waals surface area contributed by atoms with E-state index in [-0.39, 0.29) is 12.0 Å². The smallest absolute Gasteiger partial charge is 0.133 e. The minimum absolute atomic E-state index is 0.198. The Hall–Kier alpha value is -0.580. The van der Waals surface area contributed by atoms with E-state index in [1.165, 1.54) is 5.56 Å². The molecule has 1 aliphatic rings. The van der Waals surface area contributed by atoms with Crippen LogP contribution in [0.2, 0.25) is 0 Å². The predicted molar refractivity (Wildman–Crippen MR) is 69.3 cm³/mol. The molecule has 0 radical (unpaired) electrons. The van der Waals surface area contributed by atoms with Gasteiger partial charge >= 0.3 is 0 Å². The van der Waals surface area contributed by atoms with Gasteiger partial charge in [0.15, 0.2) is 0 Å². The van der Waals surface area contributed by atoms with E-state index >= 15 is 0 Å². The highest BCUT2D eigenvalue weighted by Crippen LogP contribution is 2.28. The molecule has 2 unspecified atom stereocenters. The molecule has 0 aromatic heterocycles. The first-order valence-corrected chi connectivity index (χ1v) is 6.58. The fourth-order valence-electron chi connectivity index (χ4n) is 2.12. The van der Waals surface area contributed by atoms with Crippen LogP contribution in [0.3, 0.4) is 0 Å². The van der Waals surface area contributed by atoms with Crippen LogP contribution >= 0.6 is 15.9 Å². The van der Waals surface area contributed by atoms with Crippen molar-refractivity contribution < 1.29 is 14.6 Å². The van der Waals surface area contributed by atoms with E-state index in [0.29, 0.717) is 13.2 Å². The zero-order valence-electron chi connectivity index (χ0n) is 9.86. The quantitative estimate of drug-likeness (QED) is 0.932. The lowest BCUT2D eigenvalue weighted by molar-refractivity contribution is -0.0350. The number of ether oxygens (including phenoxy) is 2. The number of aliphatic hydroxyl groups excluding tert-OH is 1. The van der Waals surface area contributed by atoms with Crippen molar-refractivity contribution in [3.8, 4) is 5.75 Å². The lowest BCUT2D eigenvalue weighted by Crippen LogP contribution is -2.33. The molecule has 0 bridgehead atoms. The third-order valence-corrected chi connectivity index (χ3v) is 3.77. The zero-order chi connectivity index (χ0) is 12.3. The van der Waals surface area contributed by atoms with Crippen molar-refractivity contribution in [1.82, 2.24) is 0 Å². The highest BCUT2D eigenvalue weighted by molar-refractivity contribution is 9.10. The van der Waals surface area contributed by atoms with Gasteiger partial charge in [-0.05, 0) is 46.5 Å². The molecule has 0 aliphatic carbocycles. The molecule has 1 fully saturated rings. The fourth-order valence-corrected chi connectivity index (χ4v) is 2.71. The van der Waals surface area contributed by atoms with E-state index in [9.17, 15) is 5.11 Å². The third-order valence-electron chi connectivity index (χ3n) is 3.15. The molecular formula is C13H17BrO3. The van der Waals surface area contributed by atoms with Crippen molar-refractivity contribution in [2.75, 3.05) is 20.3 Å². The largest absolute Gasteiger partial charge is 0.496 e. The van der Waals surface area contributed by atoms with E-state index in [0.717, 1.165) is 23.1 Å². The van der Waals surface area contributed by atoms with Crippen LogP contribution in [0.25, 0.3) is 0 Å². The molecule has 0 amide bonds. The van der Waals surface area contributed by atoms with Gasteiger partial charge in [0, 0.05) is 12.5 Å². The van der Waals surface area contributed by atoms with Crippen molar-refractivity contribution >= 4 is 15.9 Å². The summed E-state index contributed by atoms with van der Waals surface area (Å²) in [5.74, 6) is 1.03. The van der Waals surface area contributed by atoms with Gasteiger partial charge in [-0.3, -0.25) is 0 Å². The maximum Gasteiger partial charge on any atom is 0.133 e. The first kappa shape index (κ1) is 12.9. The Morgan fingerprint density at radius 1 is 1.53 bits per heavy atom. The summed E-state index contributed by atoms with van der Waals surface area (Å²) in [7, 11) is 1.65. The first-order chi connectivity index (χ1) is 8.20. The van der Waals surface area contributed by atoms with Gasteiger partial charge in [-0.15, -0.1) is 0 Å². The number of aliphatic hydroxyl groups is 1. The number of benzene rings is 1. The number of halogens is 1. The molecule has 4 heteroatoms. The van der Waals surface area contributed by atoms with Crippen LogP contribution in [0.5, 0.6) is 5.75 Å². The molecule has 94 valence electrons. The summed E-state index contributed by atoms with van der Waals surface area (Å²) in [5, 5.41) is 9.88. The van der Waals surface area contributed by atoms with Crippen LogP contribution < -0.4 is 4.74 Å². The molecule has 2 rings (SSSR count). The molecular weight excluding hydrogens is 284 g/mol. The molecule has 0 saturated carbocycles. The topological polar surface area (TPSA) is 38.7 Å². The second kappa shape index (κ2) is 5.85. The van der Waals surface area contributed by atoms with Crippen LogP contribution in [0.4, 0.5) is 0 Å². The normalized spacial score (nSPS) is 24.6. The van der Waals surface area contributed by atoms with E-state index in [1.807, 2.05) is 18.2 Å². The van der Waals surface area contributed by atoms with Crippen molar-refractivity contribution in [3.63, 3.8) is 0 Å². The minimum Gasteiger partial charge on any atom is -0.496 e. The predicted octanol–water partition coefficient (Wildman–Crippen LogP) is 2.40. The average molecular weight is 301 g/mol. The molecule has 1 saturated heterocycles. The Morgan fingerprint density at radius 2 is 2.35 bits per heavy atom. The van der Waals surface area contributed by atoms with Gasteiger partial charge in [0.05, 0.1) is 24.3 Å². The molecule has 17 heavy (non-hydrogen) atoms. The van der Waals surface area contributed by atoms with Gasteiger partial charge in [-0.25, -0.2) is 0 Å². The molecule has 2 atom stereocenters. The van der Waals surface area contributed by atoms with Crippen molar-refractivity contribution in [3.05, 3.63) is 28.2 Å². The van der Waals surface area contributed by atoms with Gasteiger partial charge in [-0.1, -0.05) is 6.07 Å². The number of hydrogen-bond donors (Lipinski definition) is 1. The Morgan fingerprint density at radius 3 is 3.00 bits per heavy atom. The van der Waals surface area contributed by atoms with Crippen LogP contribution in [0.15, 0.2) is 22.7 Å². The maximum atomic E-state index is 9.88. The van der Waals surface area contributed by atoms with Gasteiger partial charge < -0.3 is 14.6 Å². The van der Waals surface area contributed by atoms with Crippen molar-refractivity contribution in [2.24, 2.45) is 5.92 Å². The summed E-state index contributed by atoms with van der Waals surface area (Å²) in [5.41, 5.74) is 1.19. The lowest BCUT2D eigenvalue weighted by atomic mass is 9.91. The minimum atomic E-state index is -0.246. The number of methoxy groups -OCH3 is 1. The van der Waals surface area contributed by atoms with Gasteiger partial charge in [0.1, 0.15) is 5.75 Å². The summed E-state index contributed by atoms with van der Waals surface area (Å²) in [6, 6.07) is 6.01. The molecule has 1 N–H and O–H groups in total. The summed E-state index contributed by atoms with van der Waals surface area (Å²) in [6.45, 7) is 1.31. The van der Waals surface area contributed by atoms with Crippen molar-refractivity contribution in [1.29, 1.82) is 0 Å². The number of hydrogen-bond acceptors (Lipinski definition) is 3. The summed E-state index contributed by atoms with van der Waals surface area (Å²) in [6.07, 6.45) is 1.33. The third kappa shape index (κ3) is 3.21. The first-order valence-electron chi connectivity index (χ1n) is 5.79. The molecule has 1 aliphatic heterocycles. The van der Waals surface area contributed by atoms with Gasteiger partial charge in [0.2, 0.25) is 0 Å². The van der Waals surface area contributed by atoms with Crippen molar-refractivity contribution in [2.45, 2.75) is 18.9 Å². The maximum absolute atomic E-state index is 9.88.